The van der Waals surface area contributed by atoms with Crippen LogP contribution in [-0.2, 0) is 0 Å². The minimum Gasteiger partial charge on any atom is -0.314 e. The topological polar surface area (TPSA) is 15.3 Å². The van der Waals surface area contributed by atoms with Crippen LogP contribution in [-0.4, -0.2) is 37.1 Å². The van der Waals surface area contributed by atoms with Crippen LogP contribution in [0.4, 0.5) is 0 Å². The van der Waals surface area contributed by atoms with Gasteiger partial charge in [-0.15, -0.1) is 0 Å². The van der Waals surface area contributed by atoms with Crippen LogP contribution >= 0.6 is 0 Å². The van der Waals surface area contributed by atoms with Gasteiger partial charge in [0.15, 0.2) is 0 Å². The lowest BCUT2D eigenvalue weighted by atomic mass is 9.84. The van der Waals surface area contributed by atoms with Crippen LogP contribution in [0.2, 0.25) is 0 Å². The summed E-state index contributed by atoms with van der Waals surface area (Å²) in [6.45, 7) is 9.79. The van der Waals surface area contributed by atoms with Gasteiger partial charge in [0.05, 0.1) is 0 Å². The van der Waals surface area contributed by atoms with E-state index in [1.165, 1.54) is 84.0 Å². The summed E-state index contributed by atoms with van der Waals surface area (Å²) in [5, 5.41) is 3.85. The van der Waals surface area contributed by atoms with Crippen molar-refractivity contribution in [3.05, 3.63) is 0 Å². The second kappa shape index (κ2) is 9.04. The fraction of sp³-hybridized carbons (Fsp3) is 1.00. The molecule has 0 aliphatic heterocycles. The van der Waals surface area contributed by atoms with Crippen molar-refractivity contribution < 1.29 is 0 Å². The first-order chi connectivity index (χ1) is 9.83. The smallest absolute Gasteiger partial charge is 0.0107 e. The highest BCUT2D eigenvalue weighted by Gasteiger charge is 2.26. The largest absolute Gasteiger partial charge is 0.314 e. The van der Waals surface area contributed by atoms with E-state index in [2.05, 4.69) is 24.1 Å². The van der Waals surface area contributed by atoms with Gasteiger partial charge in [-0.2, -0.15) is 0 Å². The molecule has 0 aromatic rings. The molecule has 2 atom stereocenters. The summed E-state index contributed by atoms with van der Waals surface area (Å²) in [7, 11) is 0. The van der Waals surface area contributed by atoms with E-state index in [0.717, 1.165) is 17.9 Å². The molecule has 2 aliphatic carbocycles. The van der Waals surface area contributed by atoms with E-state index >= 15 is 0 Å². The van der Waals surface area contributed by atoms with E-state index in [-0.39, 0.29) is 0 Å². The summed E-state index contributed by atoms with van der Waals surface area (Å²) in [4.78, 5) is 2.75. The highest BCUT2D eigenvalue weighted by atomic mass is 15.1. The molecule has 2 nitrogen and oxygen atoms in total. The number of hydrogen-bond acceptors (Lipinski definition) is 2. The molecule has 2 heteroatoms. The van der Waals surface area contributed by atoms with Gasteiger partial charge in [-0.3, -0.25) is 0 Å². The lowest BCUT2D eigenvalue weighted by molar-refractivity contribution is 0.146. The van der Waals surface area contributed by atoms with Crippen LogP contribution in [0.1, 0.15) is 71.6 Å². The Morgan fingerprint density at radius 1 is 0.900 bits per heavy atom. The summed E-state index contributed by atoms with van der Waals surface area (Å²) < 4.78 is 0. The quantitative estimate of drug-likeness (QED) is 0.675. The van der Waals surface area contributed by atoms with Crippen LogP contribution in [0.5, 0.6) is 0 Å². The minimum absolute atomic E-state index is 0.785. The van der Waals surface area contributed by atoms with Crippen LogP contribution in [0.25, 0.3) is 0 Å². The molecule has 0 heterocycles. The van der Waals surface area contributed by atoms with Crippen molar-refractivity contribution in [3.8, 4) is 0 Å². The highest BCUT2D eigenvalue weighted by molar-refractivity contribution is 4.83. The zero-order valence-corrected chi connectivity index (χ0v) is 13.9. The Hall–Kier alpha value is -0.0800. The second-order valence-corrected chi connectivity index (χ2v) is 7.11. The Bertz CT molecular complexity index is 250. The molecule has 0 saturated heterocycles. The summed E-state index contributed by atoms with van der Waals surface area (Å²) in [5.74, 6) is 1.91. The van der Waals surface area contributed by atoms with Crippen molar-refractivity contribution in [2.24, 2.45) is 11.8 Å². The van der Waals surface area contributed by atoms with E-state index in [1.54, 1.807) is 0 Å². The Morgan fingerprint density at radius 2 is 1.70 bits per heavy atom. The maximum Gasteiger partial charge on any atom is 0.0107 e. The monoisotopic (exact) mass is 280 g/mol. The van der Waals surface area contributed by atoms with Gasteiger partial charge >= 0.3 is 0 Å². The predicted molar refractivity (Wildman–Crippen MR) is 88.1 cm³/mol. The maximum absolute atomic E-state index is 3.85. The molecule has 0 bridgehead atoms. The van der Waals surface area contributed by atoms with Crippen molar-refractivity contribution in [2.45, 2.75) is 77.7 Å². The van der Waals surface area contributed by atoms with Gasteiger partial charge < -0.3 is 10.2 Å². The molecule has 0 radical (unpaired) electrons. The number of nitrogens with one attached hydrogen (secondary N) is 1. The Balaban J connectivity index is 1.83. The first-order valence-electron chi connectivity index (χ1n) is 9.29. The van der Waals surface area contributed by atoms with E-state index in [9.17, 15) is 0 Å². The third kappa shape index (κ3) is 5.04. The molecule has 2 saturated carbocycles. The molecule has 20 heavy (non-hydrogen) atoms. The number of rotatable bonds is 8. The van der Waals surface area contributed by atoms with E-state index in [4.69, 9.17) is 0 Å². The predicted octanol–water partition coefficient (Wildman–Crippen LogP) is 4.06. The van der Waals surface area contributed by atoms with Crippen molar-refractivity contribution in [1.82, 2.24) is 10.2 Å². The first-order valence-corrected chi connectivity index (χ1v) is 9.29. The molecule has 2 fully saturated rings. The fourth-order valence-corrected chi connectivity index (χ4v) is 3.91. The van der Waals surface area contributed by atoms with E-state index < -0.39 is 0 Å². The van der Waals surface area contributed by atoms with E-state index in [0.29, 0.717) is 0 Å². The lowest BCUT2D eigenvalue weighted by Gasteiger charge is -2.36. The van der Waals surface area contributed by atoms with Gasteiger partial charge in [0.2, 0.25) is 0 Å². The van der Waals surface area contributed by atoms with Crippen molar-refractivity contribution in [3.63, 3.8) is 0 Å². The molecule has 0 amide bonds. The zero-order valence-electron chi connectivity index (χ0n) is 13.9. The molecule has 2 rings (SSSR count). The molecule has 0 aromatic heterocycles. The molecule has 1 N–H and O–H groups in total. The van der Waals surface area contributed by atoms with Gasteiger partial charge in [-0.1, -0.05) is 39.5 Å². The molecule has 2 unspecified atom stereocenters. The molecule has 2 aliphatic rings. The third-order valence-electron chi connectivity index (χ3n) is 5.50. The maximum atomic E-state index is 3.85. The molecular formula is C18H36N2. The summed E-state index contributed by atoms with van der Waals surface area (Å²) in [6.07, 6.45) is 12.9. The number of hydrogen-bond donors (Lipinski definition) is 1. The van der Waals surface area contributed by atoms with Crippen LogP contribution < -0.4 is 5.32 Å². The standard InChI is InChI=1S/C18H36N2/c1-3-13-19-18-12-7-5-6-11-17(18)15-20(4-2)14-16-9-8-10-16/h16-19H,3-15H2,1-2H3. The van der Waals surface area contributed by atoms with Crippen LogP contribution in [0.15, 0.2) is 0 Å². The van der Waals surface area contributed by atoms with Gasteiger partial charge in [-0.05, 0) is 57.0 Å². The first kappa shape index (κ1) is 16.3. The molecule has 118 valence electrons. The fourth-order valence-electron chi connectivity index (χ4n) is 3.91. The second-order valence-electron chi connectivity index (χ2n) is 7.11. The van der Waals surface area contributed by atoms with Crippen LogP contribution in [0, 0.1) is 11.8 Å². The normalized spacial score (nSPS) is 28.4. The molecule has 0 aromatic carbocycles. The third-order valence-corrected chi connectivity index (χ3v) is 5.50. The molecular weight excluding hydrogens is 244 g/mol. The van der Waals surface area contributed by atoms with E-state index in [1.807, 2.05) is 0 Å². The summed E-state index contributed by atoms with van der Waals surface area (Å²) >= 11 is 0. The average Bonchev–Trinajstić information content (AvgIpc) is 2.64. The van der Waals surface area contributed by atoms with Crippen molar-refractivity contribution in [1.29, 1.82) is 0 Å². The Kier molecular flexibility index (Phi) is 7.37. The summed E-state index contributed by atoms with van der Waals surface area (Å²) in [6, 6.07) is 0.785. The Labute approximate surface area is 126 Å². The van der Waals surface area contributed by atoms with Crippen molar-refractivity contribution >= 4 is 0 Å². The van der Waals surface area contributed by atoms with Gasteiger partial charge in [0.1, 0.15) is 0 Å². The highest BCUT2D eigenvalue weighted by Crippen LogP contribution is 2.29. The van der Waals surface area contributed by atoms with Gasteiger partial charge in [-0.25, -0.2) is 0 Å². The van der Waals surface area contributed by atoms with Gasteiger partial charge in [0, 0.05) is 19.1 Å². The minimum atomic E-state index is 0.785. The summed E-state index contributed by atoms with van der Waals surface area (Å²) in [5.41, 5.74) is 0. The van der Waals surface area contributed by atoms with Gasteiger partial charge in [0.25, 0.3) is 0 Å². The lowest BCUT2D eigenvalue weighted by Crippen LogP contribution is -2.44. The number of nitrogens with zero attached hydrogens (tertiary/aromatic N) is 1. The Morgan fingerprint density at radius 3 is 2.35 bits per heavy atom. The van der Waals surface area contributed by atoms with Crippen molar-refractivity contribution in [2.75, 3.05) is 26.2 Å². The molecule has 0 spiro atoms. The average molecular weight is 280 g/mol. The SMILES string of the molecule is CCCNC1CCCCCC1CN(CC)CC1CCC1. The van der Waals surface area contributed by atoms with Crippen LogP contribution in [0.3, 0.4) is 0 Å². The zero-order chi connectivity index (χ0) is 14.2.